The van der Waals surface area contributed by atoms with Crippen LogP contribution in [0.1, 0.15) is 32.0 Å². The number of rotatable bonds is 4. The van der Waals surface area contributed by atoms with Crippen molar-refractivity contribution in [1.82, 2.24) is 0 Å². The highest BCUT2D eigenvalue weighted by Gasteiger charge is 1.95. The Morgan fingerprint density at radius 2 is 0.913 bits per heavy atom. The average molecular weight is 316 g/mol. The van der Waals surface area contributed by atoms with Crippen molar-refractivity contribution in [2.24, 2.45) is 0 Å². The second kappa shape index (κ2) is 7.26. The molecule has 0 spiro atoms. The Labute approximate surface area is 142 Å². The molecule has 0 bridgehead atoms. The zero-order valence-electron chi connectivity index (χ0n) is 13.5. The van der Waals surface area contributed by atoms with Gasteiger partial charge in [-0.3, -0.25) is 0 Å². The van der Waals surface area contributed by atoms with Crippen LogP contribution in [0.15, 0.2) is 60.7 Å². The SMILES string of the molecule is Cc1ccc(/C=C/c2ccc(/C=C/c3ccc(C)cc3)s2)cc1. The highest BCUT2D eigenvalue weighted by atomic mass is 32.1. The zero-order chi connectivity index (χ0) is 16.1. The lowest BCUT2D eigenvalue weighted by molar-refractivity contribution is 1.46. The molecule has 0 unspecified atom stereocenters. The summed E-state index contributed by atoms with van der Waals surface area (Å²) in [7, 11) is 0. The molecule has 0 amide bonds. The predicted octanol–water partition coefficient (Wildman–Crippen LogP) is 6.71. The van der Waals surface area contributed by atoms with Gasteiger partial charge in [0.15, 0.2) is 0 Å². The number of benzene rings is 2. The van der Waals surface area contributed by atoms with Crippen LogP contribution >= 0.6 is 11.3 Å². The molecule has 23 heavy (non-hydrogen) atoms. The zero-order valence-corrected chi connectivity index (χ0v) is 14.3. The first-order valence-corrected chi connectivity index (χ1v) is 8.60. The van der Waals surface area contributed by atoms with Crippen LogP contribution in [0, 0.1) is 13.8 Å². The molecule has 3 rings (SSSR count). The Balaban J connectivity index is 1.68. The molecule has 0 radical (unpaired) electrons. The maximum absolute atomic E-state index is 2.18. The molecule has 1 heteroatoms. The summed E-state index contributed by atoms with van der Waals surface area (Å²) in [5.41, 5.74) is 5.06. The predicted molar refractivity (Wildman–Crippen MR) is 105 cm³/mol. The second-order valence-electron chi connectivity index (χ2n) is 5.73. The van der Waals surface area contributed by atoms with Gasteiger partial charge in [-0.2, -0.15) is 0 Å². The van der Waals surface area contributed by atoms with Crippen molar-refractivity contribution in [3.05, 3.63) is 92.7 Å². The van der Waals surface area contributed by atoms with Crippen LogP contribution in [0.3, 0.4) is 0 Å². The third-order valence-electron chi connectivity index (χ3n) is 3.68. The van der Waals surface area contributed by atoms with Gasteiger partial charge in [0.1, 0.15) is 0 Å². The largest absolute Gasteiger partial charge is 0.137 e. The smallest absolute Gasteiger partial charge is 0.0276 e. The minimum absolute atomic E-state index is 1.24. The highest BCUT2D eigenvalue weighted by molar-refractivity contribution is 7.13. The van der Waals surface area contributed by atoms with Gasteiger partial charge in [0.05, 0.1) is 0 Å². The van der Waals surface area contributed by atoms with Gasteiger partial charge < -0.3 is 0 Å². The molecule has 0 atom stereocenters. The second-order valence-corrected chi connectivity index (χ2v) is 6.88. The first-order chi connectivity index (χ1) is 11.2. The third-order valence-corrected chi connectivity index (χ3v) is 4.70. The van der Waals surface area contributed by atoms with Gasteiger partial charge in [0.25, 0.3) is 0 Å². The van der Waals surface area contributed by atoms with Gasteiger partial charge in [-0.15, -0.1) is 11.3 Å². The molecule has 0 saturated carbocycles. The lowest BCUT2D eigenvalue weighted by atomic mass is 10.1. The van der Waals surface area contributed by atoms with Crippen molar-refractivity contribution in [3.8, 4) is 0 Å². The summed E-state index contributed by atoms with van der Waals surface area (Å²) in [6.07, 6.45) is 8.69. The van der Waals surface area contributed by atoms with Crippen molar-refractivity contribution in [3.63, 3.8) is 0 Å². The lowest BCUT2D eigenvalue weighted by Crippen LogP contribution is -1.72. The summed E-state index contributed by atoms with van der Waals surface area (Å²) in [4.78, 5) is 2.54. The molecule has 3 aromatic rings. The molecule has 2 aromatic carbocycles. The summed E-state index contributed by atoms with van der Waals surface area (Å²) in [6, 6.07) is 21.5. The van der Waals surface area contributed by atoms with Crippen LogP contribution in [0.25, 0.3) is 24.3 Å². The van der Waals surface area contributed by atoms with Crippen molar-refractivity contribution in [1.29, 1.82) is 0 Å². The summed E-state index contributed by atoms with van der Waals surface area (Å²) in [5, 5.41) is 0. The lowest BCUT2D eigenvalue weighted by Gasteiger charge is -1.94. The first-order valence-electron chi connectivity index (χ1n) is 7.78. The third kappa shape index (κ3) is 4.54. The fourth-order valence-corrected chi connectivity index (χ4v) is 3.08. The van der Waals surface area contributed by atoms with Crippen LogP contribution in [-0.4, -0.2) is 0 Å². The van der Waals surface area contributed by atoms with Crippen molar-refractivity contribution >= 4 is 35.6 Å². The Morgan fingerprint density at radius 1 is 0.522 bits per heavy atom. The Morgan fingerprint density at radius 3 is 1.30 bits per heavy atom. The Kier molecular flexibility index (Phi) is 4.89. The summed E-state index contributed by atoms with van der Waals surface area (Å²) >= 11 is 1.80. The minimum atomic E-state index is 1.24. The van der Waals surface area contributed by atoms with E-state index in [4.69, 9.17) is 0 Å². The van der Waals surface area contributed by atoms with Gasteiger partial charge >= 0.3 is 0 Å². The summed E-state index contributed by atoms with van der Waals surface area (Å²) < 4.78 is 0. The van der Waals surface area contributed by atoms with E-state index in [1.165, 1.54) is 32.0 Å². The van der Waals surface area contributed by atoms with Gasteiger partial charge in [-0.25, -0.2) is 0 Å². The Bertz CT molecular complexity index is 745. The van der Waals surface area contributed by atoms with Gasteiger partial charge in [-0.05, 0) is 49.3 Å². The van der Waals surface area contributed by atoms with Gasteiger partial charge in [0, 0.05) is 9.75 Å². The minimum Gasteiger partial charge on any atom is -0.137 e. The van der Waals surface area contributed by atoms with E-state index in [0.717, 1.165) is 0 Å². The van der Waals surface area contributed by atoms with Crippen LogP contribution < -0.4 is 0 Å². The topological polar surface area (TPSA) is 0 Å². The quantitative estimate of drug-likeness (QED) is 0.502. The van der Waals surface area contributed by atoms with Gasteiger partial charge in [-0.1, -0.05) is 71.8 Å². The number of hydrogen-bond acceptors (Lipinski definition) is 1. The van der Waals surface area contributed by atoms with E-state index in [0.29, 0.717) is 0 Å². The van der Waals surface area contributed by atoms with Crippen LogP contribution in [0.2, 0.25) is 0 Å². The normalized spacial score (nSPS) is 11.6. The summed E-state index contributed by atoms with van der Waals surface area (Å²) in [6.45, 7) is 4.22. The van der Waals surface area contributed by atoms with E-state index in [2.05, 4.69) is 98.8 Å². The molecular weight excluding hydrogens is 296 g/mol. The molecule has 1 aromatic heterocycles. The van der Waals surface area contributed by atoms with Crippen LogP contribution in [-0.2, 0) is 0 Å². The fourth-order valence-electron chi connectivity index (χ4n) is 2.26. The van der Waals surface area contributed by atoms with E-state index in [1.807, 2.05) is 0 Å². The average Bonchev–Trinajstić information content (AvgIpc) is 3.02. The van der Waals surface area contributed by atoms with E-state index < -0.39 is 0 Å². The summed E-state index contributed by atoms with van der Waals surface area (Å²) in [5.74, 6) is 0. The standard InChI is InChI=1S/C22H20S/c1-17-3-7-19(8-4-17)11-13-21-15-16-22(23-21)14-12-20-9-5-18(2)6-10-20/h3-16H,1-2H3/b13-11+,14-12+. The molecular formula is C22H20S. The van der Waals surface area contributed by atoms with Crippen molar-refractivity contribution in [2.75, 3.05) is 0 Å². The number of hydrogen-bond donors (Lipinski definition) is 0. The number of thiophene rings is 1. The van der Waals surface area contributed by atoms with E-state index in [1.54, 1.807) is 11.3 Å². The van der Waals surface area contributed by atoms with Crippen LogP contribution in [0.5, 0.6) is 0 Å². The Hall–Kier alpha value is -2.38. The molecule has 0 saturated heterocycles. The molecule has 1 heterocycles. The van der Waals surface area contributed by atoms with Crippen LogP contribution in [0.4, 0.5) is 0 Å². The van der Waals surface area contributed by atoms with E-state index in [9.17, 15) is 0 Å². The van der Waals surface area contributed by atoms with E-state index in [-0.39, 0.29) is 0 Å². The highest BCUT2D eigenvalue weighted by Crippen LogP contribution is 2.21. The monoisotopic (exact) mass is 316 g/mol. The van der Waals surface area contributed by atoms with E-state index >= 15 is 0 Å². The van der Waals surface area contributed by atoms with Crippen molar-refractivity contribution in [2.45, 2.75) is 13.8 Å². The van der Waals surface area contributed by atoms with Crippen molar-refractivity contribution < 1.29 is 0 Å². The van der Waals surface area contributed by atoms with Gasteiger partial charge in [0.2, 0.25) is 0 Å². The molecule has 0 fully saturated rings. The molecule has 0 N–H and O–H groups in total. The molecule has 0 nitrogen and oxygen atoms in total. The molecule has 0 aliphatic carbocycles. The molecule has 114 valence electrons. The fraction of sp³-hybridized carbons (Fsp3) is 0.0909. The maximum Gasteiger partial charge on any atom is 0.0276 e. The molecule has 0 aliphatic heterocycles. The first kappa shape index (κ1) is 15.5. The number of aryl methyl sites for hydroxylation is 2. The molecule has 0 aliphatic rings. The maximum atomic E-state index is 2.18.